The molecule has 0 unspecified atom stereocenters. The average molecular weight is 610 g/mol. The van der Waals surface area contributed by atoms with Gasteiger partial charge in [0.1, 0.15) is 11.4 Å². The Morgan fingerprint density at radius 1 is 1.02 bits per heavy atom. The summed E-state index contributed by atoms with van der Waals surface area (Å²) in [6, 6.07) is 21.0. The van der Waals surface area contributed by atoms with Crippen molar-refractivity contribution in [3.8, 4) is 16.2 Å². The molecule has 3 aromatic heterocycles. The number of hydrogen-bond donors (Lipinski definition) is 2. The van der Waals surface area contributed by atoms with Crippen molar-refractivity contribution in [2.24, 2.45) is 5.92 Å². The Kier molecular flexibility index (Phi) is 8.28. The Labute approximate surface area is 257 Å². The van der Waals surface area contributed by atoms with E-state index in [0.29, 0.717) is 36.1 Å². The molecule has 5 heterocycles. The molecule has 0 aliphatic carbocycles. The van der Waals surface area contributed by atoms with E-state index in [9.17, 15) is 14.4 Å². The van der Waals surface area contributed by atoms with Crippen molar-refractivity contribution in [3.63, 3.8) is 0 Å². The fraction of sp³-hybridized carbons (Fsp3) is 0.235. The van der Waals surface area contributed by atoms with Crippen LogP contribution in [0.3, 0.4) is 0 Å². The second kappa shape index (κ2) is 12.4. The summed E-state index contributed by atoms with van der Waals surface area (Å²) in [6.07, 6.45) is 3.75. The number of fused-ring (bicyclic) bond motifs is 6. The van der Waals surface area contributed by atoms with Crippen LogP contribution in [0.5, 0.6) is 5.75 Å². The minimum atomic E-state index is -1.26. The van der Waals surface area contributed by atoms with Crippen LogP contribution in [-0.4, -0.2) is 62.7 Å². The lowest BCUT2D eigenvalue weighted by atomic mass is 9.84. The van der Waals surface area contributed by atoms with Gasteiger partial charge in [0.15, 0.2) is 0 Å². The summed E-state index contributed by atoms with van der Waals surface area (Å²) >= 11 is 1.68. The summed E-state index contributed by atoms with van der Waals surface area (Å²) in [5.41, 5.74) is 4.80. The maximum Gasteiger partial charge on any atom is 0.328 e. The van der Waals surface area contributed by atoms with Gasteiger partial charge in [-0.2, -0.15) is 0 Å². The van der Waals surface area contributed by atoms with Gasteiger partial charge in [-0.3, -0.25) is 9.20 Å². The Balaban J connectivity index is 0.000000381. The van der Waals surface area contributed by atoms with Crippen LogP contribution in [0.4, 0.5) is 0 Å². The van der Waals surface area contributed by atoms with Crippen molar-refractivity contribution >= 4 is 39.7 Å². The minimum Gasteiger partial charge on any atom is -0.493 e. The van der Waals surface area contributed by atoms with E-state index < -0.39 is 11.9 Å². The Morgan fingerprint density at radius 3 is 2.57 bits per heavy atom. The lowest BCUT2D eigenvalue weighted by Crippen LogP contribution is -2.28. The molecular formula is C34H31N3O6S. The van der Waals surface area contributed by atoms with Crippen molar-refractivity contribution < 1.29 is 24.5 Å². The summed E-state index contributed by atoms with van der Waals surface area (Å²) < 4.78 is 7.92. The van der Waals surface area contributed by atoms with Gasteiger partial charge in [-0.05, 0) is 53.8 Å². The topological polar surface area (TPSA) is 121 Å². The molecule has 0 saturated carbocycles. The number of rotatable bonds is 6. The SMILES string of the molecule is Cc1nc2ccc(-c3cccs3)cn2c(=O)c1CCN1C[C@@H]2COc3ccc4ccccc4c3[C@@H]2C1.O=C(O)/C=C/C(=O)O. The average Bonchev–Trinajstić information content (AvgIpc) is 3.70. The molecule has 0 bridgehead atoms. The van der Waals surface area contributed by atoms with Gasteiger partial charge in [-0.1, -0.05) is 36.4 Å². The van der Waals surface area contributed by atoms with Crippen LogP contribution in [0.15, 0.2) is 89.2 Å². The van der Waals surface area contributed by atoms with Crippen LogP contribution in [0.2, 0.25) is 0 Å². The summed E-state index contributed by atoms with van der Waals surface area (Å²) in [6.45, 7) is 5.57. The first-order valence-electron chi connectivity index (χ1n) is 14.3. The highest BCUT2D eigenvalue weighted by molar-refractivity contribution is 7.13. The lowest BCUT2D eigenvalue weighted by molar-refractivity contribution is -0.134. The normalized spacial score (nSPS) is 17.6. The van der Waals surface area contributed by atoms with Crippen molar-refractivity contribution in [2.45, 2.75) is 19.3 Å². The molecule has 1 fully saturated rings. The fourth-order valence-corrected chi connectivity index (χ4v) is 6.91. The molecular weight excluding hydrogens is 578 g/mol. The third-order valence-electron chi connectivity index (χ3n) is 8.25. The molecule has 0 amide bonds. The predicted molar refractivity (Wildman–Crippen MR) is 170 cm³/mol. The van der Waals surface area contributed by atoms with Crippen LogP contribution in [0.25, 0.3) is 26.9 Å². The van der Waals surface area contributed by atoms with Crippen molar-refractivity contribution in [1.29, 1.82) is 0 Å². The number of nitrogens with zero attached hydrogens (tertiary/aromatic N) is 3. The largest absolute Gasteiger partial charge is 0.493 e. The lowest BCUT2D eigenvalue weighted by Gasteiger charge is -2.29. The number of carboxylic acids is 2. The van der Waals surface area contributed by atoms with E-state index in [-0.39, 0.29) is 5.56 Å². The van der Waals surface area contributed by atoms with E-state index in [2.05, 4.69) is 52.7 Å². The molecule has 1 saturated heterocycles. The van der Waals surface area contributed by atoms with Gasteiger partial charge >= 0.3 is 11.9 Å². The van der Waals surface area contributed by atoms with Gasteiger partial charge in [0, 0.05) is 77.1 Å². The zero-order valence-electron chi connectivity index (χ0n) is 24.1. The Hall–Kier alpha value is -4.80. The molecule has 5 aromatic rings. The van der Waals surface area contributed by atoms with Crippen LogP contribution >= 0.6 is 11.3 Å². The highest BCUT2D eigenvalue weighted by Gasteiger charge is 2.39. The van der Waals surface area contributed by atoms with Crippen molar-refractivity contribution in [2.75, 3.05) is 26.2 Å². The monoisotopic (exact) mass is 609 g/mol. The summed E-state index contributed by atoms with van der Waals surface area (Å²) in [7, 11) is 0. The van der Waals surface area contributed by atoms with E-state index >= 15 is 0 Å². The second-order valence-corrected chi connectivity index (χ2v) is 11.9. The highest BCUT2D eigenvalue weighted by Crippen LogP contribution is 2.45. The fourth-order valence-electron chi connectivity index (χ4n) is 6.19. The molecule has 10 heteroatoms. The first-order valence-corrected chi connectivity index (χ1v) is 15.2. The van der Waals surface area contributed by atoms with E-state index in [0.717, 1.165) is 53.7 Å². The molecule has 2 atom stereocenters. The van der Waals surface area contributed by atoms with Crippen LogP contribution in [-0.2, 0) is 16.0 Å². The number of aromatic nitrogens is 2. The predicted octanol–water partition coefficient (Wildman–Crippen LogP) is 5.25. The zero-order valence-corrected chi connectivity index (χ0v) is 24.9. The minimum absolute atomic E-state index is 0.0483. The number of carboxylic acid groups (broad SMARTS) is 2. The van der Waals surface area contributed by atoms with Gasteiger partial charge < -0.3 is 19.8 Å². The molecule has 2 aliphatic rings. The standard InChI is InChI=1S/C30H27N3O2S.C4H4O4/c1-19-23(30(34)33-16-21(9-11-28(33)31-19)27-7-4-14-36-27)12-13-32-15-22-18-35-26-10-8-20-5-2-3-6-24(20)29(26)25(22)17-32;5-3(6)1-2-4(7)8/h2-11,14,16,22,25H,12-13,15,17-18H2,1H3;1-2H,(H,5,6)(H,7,8)/b;2-1+/t22-,25-;/m1./s1. The van der Waals surface area contributed by atoms with Gasteiger partial charge in [0.05, 0.1) is 6.61 Å². The smallest absolute Gasteiger partial charge is 0.328 e. The molecule has 0 spiro atoms. The van der Waals surface area contributed by atoms with E-state index in [1.807, 2.05) is 31.3 Å². The van der Waals surface area contributed by atoms with E-state index in [1.165, 1.54) is 16.3 Å². The van der Waals surface area contributed by atoms with Crippen LogP contribution in [0.1, 0.15) is 22.7 Å². The third-order valence-corrected chi connectivity index (χ3v) is 9.17. The van der Waals surface area contributed by atoms with Crippen LogP contribution in [0, 0.1) is 12.8 Å². The molecule has 7 rings (SSSR count). The number of pyridine rings is 1. The first kappa shape index (κ1) is 29.3. The number of carbonyl (C=O) groups is 2. The number of aryl methyl sites for hydroxylation is 1. The Morgan fingerprint density at radius 2 is 1.82 bits per heavy atom. The maximum atomic E-state index is 13.5. The molecule has 9 nitrogen and oxygen atoms in total. The van der Waals surface area contributed by atoms with E-state index in [1.54, 1.807) is 15.7 Å². The molecule has 2 aliphatic heterocycles. The Bertz CT molecular complexity index is 1930. The number of thiophene rings is 1. The quantitative estimate of drug-likeness (QED) is 0.251. The van der Waals surface area contributed by atoms with Gasteiger partial charge in [0.25, 0.3) is 5.56 Å². The highest BCUT2D eigenvalue weighted by atomic mass is 32.1. The number of aliphatic carboxylic acids is 2. The number of likely N-dealkylation sites (tertiary alicyclic amines) is 1. The van der Waals surface area contributed by atoms with Crippen LogP contribution < -0.4 is 10.3 Å². The number of ether oxygens (including phenoxy) is 1. The third kappa shape index (κ3) is 5.99. The first-order chi connectivity index (χ1) is 21.3. The number of hydrogen-bond acceptors (Lipinski definition) is 7. The molecule has 2 aromatic carbocycles. The van der Waals surface area contributed by atoms with Gasteiger partial charge in [-0.15, -0.1) is 11.3 Å². The summed E-state index contributed by atoms with van der Waals surface area (Å²) in [5, 5.41) is 20.3. The summed E-state index contributed by atoms with van der Waals surface area (Å²) in [5.74, 6) is -0.537. The molecule has 2 N–H and O–H groups in total. The summed E-state index contributed by atoms with van der Waals surface area (Å²) in [4.78, 5) is 41.1. The van der Waals surface area contributed by atoms with Gasteiger partial charge in [-0.25, -0.2) is 14.6 Å². The van der Waals surface area contributed by atoms with Crippen molar-refractivity contribution in [3.05, 3.63) is 112 Å². The van der Waals surface area contributed by atoms with Crippen molar-refractivity contribution in [1.82, 2.24) is 14.3 Å². The zero-order chi connectivity index (χ0) is 30.8. The second-order valence-electron chi connectivity index (χ2n) is 11.0. The van der Waals surface area contributed by atoms with Gasteiger partial charge in [0.2, 0.25) is 0 Å². The maximum absolute atomic E-state index is 13.5. The van der Waals surface area contributed by atoms with E-state index in [4.69, 9.17) is 19.9 Å². The molecule has 224 valence electrons. The molecule has 0 radical (unpaired) electrons. The number of benzene rings is 2. The molecule has 44 heavy (non-hydrogen) atoms.